The van der Waals surface area contributed by atoms with Crippen molar-refractivity contribution in [3.63, 3.8) is 0 Å². The number of carbonyl (C=O) groups excluding carboxylic acids is 2. The van der Waals surface area contributed by atoms with E-state index in [2.05, 4.69) is 9.97 Å². The highest BCUT2D eigenvalue weighted by molar-refractivity contribution is 6.09. The van der Waals surface area contributed by atoms with E-state index in [4.69, 9.17) is 4.42 Å². The van der Waals surface area contributed by atoms with Crippen molar-refractivity contribution in [1.29, 1.82) is 0 Å². The van der Waals surface area contributed by atoms with Crippen LogP contribution in [0, 0.1) is 0 Å². The third-order valence-electron chi connectivity index (χ3n) is 4.96. The summed E-state index contributed by atoms with van der Waals surface area (Å²) in [5.74, 6) is 0.778. The van der Waals surface area contributed by atoms with Gasteiger partial charge in [-0.2, -0.15) is 0 Å². The van der Waals surface area contributed by atoms with Gasteiger partial charge < -0.3 is 14.2 Å². The summed E-state index contributed by atoms with van der Waals surface area (Å²) in [5, 5.41) is 0. The molecular formula is C18H20N4O4. The lowest BCUT2D eigenvalue weighted by Gasteiger charge is -2.28. The zero-order chi connectivity index (χ0) is 18.4. The minimum absolute atomic E-state index is 0.0368. The molecule has 1 N–H and O–H groups in total. The number of Topliss-reactive ketones (excluding diaryl/α,β-unsaturated/α-hetero) is 1. The van der Waals surface area contributed by atoms with Crippen LogP contribution >= 0.6 is 0 Å². The molecule has 0 radical (unpaired) electrons. The number of rotatable bonds is 2. The third-order valence-corrected chi connectivity index (χ3v) is 4.96. The first-order valence-electron chi connectivity index (χ1n) is 8.68. The van der Waals surface area contributed by atoms with Crippen LogP contribution in [0.4, 0.5) is 5.95 Å². The molecule has 26 heavy (non-hydrogen) atoms. The van der Waals surface area contributed by atoms with Gasteiger partial charge in [0.15, 0.2) is 5.78 Å². The summed E-state index contributed by atoms with van der Waals surface area (Å²) in [6.07, 6.45) is 3.70. The topological polar surface area (TPSA) is 99.5 Å². The molecule has 1 aliphatic carbocycles. The van der Waals surface area contributed by atoms with E-state index in [-0.39, 0.29) is 23.8 Å². The first-order valence-corrected chi connectivity index (χ1v) is 8.68. The smallest absolute Gasteiger partial charge is 0.258 e. The van der Waals surface area contributed by atoms with Crippen molar-refractivity contribution in [1.82, 2.24) is 14.9 Å². The standard InChI is InChI=1S/C18H20N4O4/c1-21(2)18-19-12-8-22(7-6-10(12)16(24)20-18)17(25)11-9-26-14-5-3-4-13(23)15(11)14/h9H,3-8H2,1-2H3,(H,19,20,24). The summed E-state index contributed by atoms with van der Waals surface area (Å²) in [4.78, 5) is 48.0. The highest BCUT2D eigenvalue weighted by Gasteiger charge is 2.32. The molecular weight excluding hydrogens is 336 g/mol. The number of amides is 1. The van der Waals surface area contributed by atoms with Gasteiger partial charge in [-0.3, -0.25) is 19.4 Å². The van der Waals surface area contributed by atoms with Gasteiger partial charge in [-0.25, -0.2) is 4.98 Å². The Kier molecular flexibility index (Phi) is 3.90. The molecule has 4 rings (SSSR count). The van der Waals surface area contributed by atoms with E-state index >= 15 is 0 Å². The molecule has 8 nitrogen and oxygen atoms in total. The van der Waals surface area contributed by atoms with Crippen molar-refractivity contribution >= 4 is 17.6 Å². The Balaban J connectivity index is 1.65. The second kappa shape index (κ2) is 6.12. The number of furan rings is 1. The molecule has 0 bridgehead atoms. The van der Waals surface area contributed by atoms with Gasteiger partial charge in [-0.05, 0) is 12.8 Å². The van der Waals surface area contributed by atoms with Crippen LogP contribution in [0.3, 0.4) is 0 Å². The summed E-state index contributed by atoms with van der Waals surface area (Å²) in [6.45, 7) is 0.652. The van der Waals surface area contributed by atoms with Gasteiger partial charge in [0.1, 0.15) is 12.0 Å². The van der Waals surface area contributed by atoms with Gasteiger partial charge in [0, 0.05) is 39.0 Å². The molecule has 0 fully saturated rings. The number of nitrogens with zero attached hydrogens (tertiary/aromatic N) is 3. The maximum Gasteiger partial charge on any atom is 0.258 e. The van der Waals surface area contributed by atoms with Gasteiger partial charge in [0.05, 0.1) is 23.4 Å². The van der Waals surface area contributed by atoms with Crippen LogP contribution in [0.2, 0.25) is 0 Å². The largest absolute Gasteiger partial charge is 0.468 e. The average molecular weight is 356 g/mol. The molecule has 2 aromatic rings. The molecule has 3 heterocycles. The van der Waals surface area contributed by atoms with Crippen LogP contribution in [0.25, 0.3) is 0 Å². The van der Waals surface area contributed by atoms with Crippen LogP contribution in [0.5, 0.6) is 0 Å². The fourth-order valence-electron chi connectivity index (χ4n) is 3.56. The van der Waals surface area contributed by atoms with Crippen molar-refractivity contribution in [3.8, 4) is 0 Å². The van der Waals surface area contributed by atoms with Crippen molar-refractivity contribution in [2.75, 3.05) is 25.5 Å². The SMILES string of the molecule is CN(C)c1nc2c(c(=O)[nH]1)CCN(C(=O)c1coc3c1C(=O)CCC3)C2. The van der Waals surface area contributed by atoms with Crippen molar-refractivity contribution in [2.24, 2.45) is 0 Å². The Morgan fingerprint density at radius 1 is 1.27 bits per heavy atom. The van der Waals surface area contributed by atoms with Gasteiger partial charge in [-0.15, -0.1) is 0 Å². The van der Waals surface area contributed by atoms with Crippen LogP contribution in [0.15, 0.2) is 15.5 Å². The Bertz CT molecular complexity index is 957. The van der Waals surface area contributed by atoms with E-state index < -0.39 is 0 Å². The Hall–Kier alpha value is -2.90. The summed E-state index contributed by atoms with van der Waals surface area (Å²) < 4.78 is 5.46. The lowest BCUT2D eigenvalue weighted by molar-refractivity contribution is 0.0725. The van der Waals surface area contributed by atoms with Gasteiger partial charge in [-0.1, -0.05) is 0 Å². The minimum Gasteiger partial charge on any atom is -0.468 e. The maximum absolute atomic E-state index is 13.0. The zero-order valence-electron chi connectivity index (χ0n) is 14.8. The van der Waals surface area contributed by atoms with E-state index in [1.807, 2.05) is 0 Å². The predicted octanol–water partition coefficient (Wildman–Crippen LogP) is 1.15. The third kappa shape index (κ3) is 2.61. The molecule has 2 aliphatic rings. The molecule has 1 amide bonds. The normalized spacial score (nSPS) is 16.2. The van der Waals surface area contributed by atoms with Crippen LogP contribution in [0.1, 0.15) is 50.6 Å². The summed E-state index contributed by atoms with van der Waals surface area (Å²) in [7, 11) is 3.58. The van der Waals surface area contributed by atoms with E-state index in [1.165, 1.54) is 6.26 Å². The lowest BCUT2D eigenvalue weighted by Crippen LogP contribution is -2.40. The number of fused-ring (bicyclic) bond motifs is 2. The highest BCUT2D eigenvalue weighted by atomic mass is 16.3. The van der Waals surface area contributed by atoms with Gasteiger partial charge >= 0.3 is 0 Å². The van der Waals surface area contributed by atoms with E-state index in [0.717, 1.165) is 6.42 Å². The molecule has 0 unspecified atom stereocenters. The first-order chi connectivity index (χ1) is 12.5. The Morgan fingerprint density at radius 3 is 2.85 bits per heavy atom. The number of anilines is 1. The predicted molar refractivity (Wildman–Crippen MR) is 93.6 cm³/mol. The van der Waals surface area contributed by atoms with Crippen LogP contribution < -0.4 is 10.5 Å². The van der Waals surface area contributed by atoms with Crippen LogP contribution in [-0.4, -0.2) is 47.2 Å². The molecule has 0 spiro atoms. The second-order valence-corrected chi connectivity index (χ2v) is 6.91. The molecule has 0 saturated heterocycles. The van der Waals surface area contributed by atoms with Gasteiger partial charge in [0.2, 0.25) is 5.95 Å². The van der Waals surface area contributed by atoms with Crippen molar-refractivity contribution < 1.29 is 14.0 Å². The number of hydrogen-bond acceptors (Lipinski definition) is 6. The molecule has 0 atom stereocenters. The Morgan fingerprint density at radius 2 is 2.08 bits per heavy atom. The highest BCUT2D eigenvalue weighted by Crippen LogP contribution is 2.28. The average Bonchev–Trinajstić information content (AvgIpc) is 3.06. The van der Waals surface area contributed by atoms with Crippen molar-refractivity contribution in [3.05, 3.63) is 44.8 Å². The maximum atomic E-state index is 13.0. The number of carbonyl (C=O) groups is 2. The van der Waals surface area contributed by atoms with Crippen molar-refractivity contribution in [2.45, 2.75) is 32.2 Å². The molecule has 2 aromatic heterocycles. The lowest BCUT2D eigenvalue weighted by atomic mass is 9.93. The number of H-pyrrole nitrogens is 1. The molecule has 0 aromatic carbocycles. The summed E-state index contributed by atoms with van der Waals surface area (Å²) in [6, 6.07) is 0. The minimum atomic E-state index is -0.246. The summed E-state index contributed by atoms with van der Waals surface area (Å²) in [5.41, 5.74) is 1.80. The molecule has 1 aliphatic heterocycles. The fraction of sp³-hybridized carbons (Fsp3) is 0.444. The zero-order valence-corrected chi connectivity index (χ0v) is 14.8. The number of aromatic amines is 1. The number of aryl methyl sites for hydroxylation is 1. The van der Waals surface area contributed by atoms with E-state index in [9.17, 15) is 14.4 Å². The second-order valence-electron chi connectivity index (χ2n) is 6.91. The molecule has 8 heteroatoms. The van der Waals surface area contributed by atoms with E-state index in [0.29, 0.717) is 59.9 Å². The van der Waals surface area contributed by atoms with E-state index in [1.54, 1.807) is 23.9 Å². The van der Waals surface area contributed by atoms with Gasteiger partial charge in [0.25, 0.3) is 11.5 Å². The molecule has 0 saturated carbocycles. The molecule has 136 valence electrons. The van der Waals surface area contributed by atoms with Crippen LogP contribution in [-0.2, 0) is 19.4 Å². The number of nitrogens with one attached hydrogen (secondary N) is 1. The number of ketones is 1. The fourth-order valence-corrected chi connectivity index (χ4v) is 3.56. The number of hydrogen-bond donors (Lipinski definition) is 1. The monoisotopic (exact) mass is 356 g/mol. The first kappa shape index (κ1) is 16.6. The Labute approximate surface area is 149 Å². The summed E-state index contributed by atoms with van der Waals surface area (Å²) >= 11 is 0. The quantitative estimate of drug-likeness (QED) is 0.866. The number of aromatic nitrogens is 2.